The first kappa shape index (κ1) is 9.78. The molecule has 1 rings (SSSR count). The molecule has 2 heteroatoms. The minimum atomic E-state index is -0.281. The van der Waals surface area contributed by atoms with Gasteiger partial charge in [0, 0.05) is 6.07 Å². The van der Waals surface area contributed by atoms with Crippen molar-refractivity contribution in [1.82, 2.24) is 0 Å². The highest BCUT2D eigenvalue weighted by Crippen LogP contribution is 2.03. The lowest BCUT2D eigenvalue weighted by molar-refractivity contribution is 0.480. The van der Waals surface area contributed by atoms with Crippen LogP contribution in [0, 0.1) is 6.92 Å². The van der Waals surface area contributed by atoms with Crippen molar-refractivity contribution in [1.29, 1.82) is 0 Å². The molecule has 1 aromatic rings. The molecule has 0 aliphatic carbocycles. The lowest BCUT2D eigenvalue weighted by Gasteiger charge is -1.93. The van der Waals surface area contributed by atoms with Gasteiger partial charge in [0.1, 0.15) is 5.76 Å². The zero-order valence-corrected chi connectivity index (χ0v) is 8.04. The summed E-state index contributed by atoms with van der Waals surface area (Å²) in [4.78, 5) is 10.9. The van der Waals surface area contributed by atoms with Crippen molar-refractivity contribution in [2.24, 2.45) is 0 Å². The molecule has 1 aromatic heterocycles. The molecule has 0 N–H and O–H groups in total. The van der Waals surface area contributed by atoms with Crippen LogP contribution in [0.1, 0.15) is 31.1 Å². The van der Waals surface area contributed by atoms with E-state index in [4.69, 9.17) is 4.42 Å². The molecule has 0 fully saturated rings. The molecule has 0 unspecified atom stereocenters. The van der Waals surface area contributed by atoms with Gasteiger partial charge in [0.15, 0.2) is 0 Å². The first-order valence-corrected chi connectivity index (χ1v) is 4.50. The Labute approximate surface area is 77.9 Å². The van der Waals surface area contributed by atoms with E-state index in [0.29, 0.717) is 5.76 Å². The number of allylic oxidation sites excluding steroid dienone is 1. The number of hydrogen-bond acceptors (Lipinski definition) is 2. The minimum Gasteiger partial charge on any atom is -0.428 e. The molecule has 2 nitrogen and oxygen atoms in total. The number of aryl methyl sites for hydroxylation is 1. The Hall–Kier alpha value is -1.31. The van der Waals surface area contributed by atoms with Crippen molar-refractivity contribution in [2.45, 2.75) is 26.7 Å². The molecule has 0 aliphatic rings. The number of unbranched alkanes of at least 4 members (excludes halogenated alkanes) is 1. The largest absolute Gasteiger partial charge is 0.428 e. The maximum Gasteiger partial charge on any atom is 0.336 e. The quantitative estimate of drug-likeness (QED) is 0.712. The van der Waals surface area contributed by atoms with Gasteiger partial charge in [-0.25, -0.2) is 4.79 Å². The zero-order chi connectivity index (χ0) is 9.68. The minimum absolute atomic E-state index is 0.281. The molecule has 0 spiro atoms. The van der Waals surface area contributed by atoms with Crippen LogP contribution >= 0.6 is 0 Å². The van der Waals surface area contributed by atoms with Crippen molar-refractivity contribution in [3.8, 4) is 0 Å². The molecule has 70 valence electrons. The lowest BCUT2D eigenvalue weighted by Crippen LogP contribution is -1.97. The van der Waals surface area contributed by atoms with Crippen molar-refractivity contribution in [3.63, 3.8) is 0 Å². The molecular formula is C11H14O2. The van der Waals surface area contributed by atoms with Crippen LogP contribution in [-0.2, 0) is 0 Å². The van der Waals surface area contributed by atoms with Gasteiger partial charge in [-0.1, -0.05) is 25.5 Å². The van der Waals surface area contributed by atoms with Crippen LogP contribution in [0.15, 0.2) is 27.4 Å². The van der Waals surface area contributed by atoms with Gasteiger partial charge >= 0.3 is 5.63 Å². The molecule has 0 saturated heterocycles. The molecule has 0 bridgehead atoms. The van der Waals surface area contributed by atoms with Crippen molar-refractivity contribution in [2.75, 3.05) is 0 Å². The number of hydrogen-bond donors (Lipinski definition) is 0. The summed E-state index contributed by atoms with van der Waals surface area (Å²) in [7, 11) is 0. The van der Waals surface area contributed by atoms with Crippen molar-refractivity contribution in [3.05, 3.63) is 40.0 Å². The molecular weight excluding hydrogens is 164 g/mol. The Kier molecular flexibility index (Phi) is 3.50. The van der Waals surface area contributed by atoms with E-state index in [-0.39, 0.29) is 5.63 Å². The third kappa shape index (κ3) is 3.28. The van der Waals surface area contributed by atoms with E-state index in [2.05, 4.69) is 13.0 Å². The van der Waals surface area contributed by atoms with E-state index in [9.17, 15) is 4.79 Å². The smallest absolute Gasteiger partial charge is 0.336 e. The highest BCUT2D eigenvalue weighted by molar-refractivity contribution is 5.48. The first-order valence-electron chi connectivity index (χ1n) is 4.50. The second-order valence-corrected chi connectivity index (χ2v) is 3.01. The van der Waals surface area contributed by atoms with Crippen LogP contribution in [0.2, 0.25) is 0 Å². The molecule has 0 amide bonds. The predicted octanol–water partition coefficient (Wildman–Crippen LogP) is 2.76. The summed E-state index contributed by atoms with van der Waals surface area (Å²) in [6.07, 6.45) is 6.18. The average Bonchev–Trinajstić information content (AvgIpc) is 2.03. The maximum absolute atomic E-state index is 10.9. The molecule has 0 atom stereocenters. The SMILES string of the molecule is CCC/C=C/c1cc(C)oc(=O)c1. The second-order valence-electron chi connectivity index (χ2n) is 3.01. The fourth-order valence-corrected chi connectivity index (χ4v) is 1.11. The molecule has 13 heavy (non-hydrogen) atoms. The standard InChI is InChI=1S/C11H14O2/c1-3-4-5-6-10-7-9(2)13-11(12)8-10/h5-8H,3-4H2,1-2H3/b6-5+. The zero-order valence-electron chi connectivity index (χ0n) is 8.04. The highest BCUT2D eigenvalue weighted by atomic mass is 16.4. The van der Waals surface area contributed by atoms with Crippen LogP contribution in [0.4, 0.5) is 0 Å². The van der Waals surface area contributed by atoms with Crippen LogP contribution in [-0.4, -0.2) is 0 Å². The summed E-state index contributed by atoms with van der Waals surface area (Å²) < 4.78 is 4.83. The van der Waals surface area contributed by atoms with Gasteiger partial charge in [-0.15, -0.1) is 0 Å². The van der Waals surface area contributed by atoms with Crippen molar-refractivity contribution >= 4 is 6.08 Å². The Morgan fingerprint density at radius 3 is 2.85 bits per heavy atom. The van der Waals surface area contributed by atoms with E-state index in [1.165, 1.54) is 6.07 Å². The van der Waals surface area contributed by atoms with E-state index >= 15 is 0 Å². The summed E-state index contributed by atoms with van der Waals surface area (Å²) >= 11 is 0. The van der Waals surface area contributed by atoms with Crippen molar-refractivity contribution < 1.29 is 4.42 Å². The van der Waals surface area contributed by atoms with Crippen LogP contribution < -0.4 is 5.63 Å². The van der Waals surface area contributed by atoms with Crippen LogP contribution in [0.5, 0.6) is 0 Å². The van der Waals surface area contributed by atoms with Crippen LogP contribution in [0.3, 0.4) is 0 Å². The summed E-state index contributed by atoms with van der Waals surface area (Å²) in [6, 6.07) is 3.35. The second kappa shape index (κ2) is 4.65. The average molecular weight is 178 g/mol. The van der Waals surface area contributed by atoms with Crippen LogP contribution in [0.25, 0.3) is 6.08 Å². The summed E-state index contributed by atoms with van der Waals surface area (Å²) in [5.41, 5.74) is 0.637. The van der Waals surface area contributed by atoms with E-state index < -0.39 is 0 Å². The van der Waals surface area contributed by atoms with Gasteiger partial charge in [-0.05, 0) is 25.0 Å². The fraction of sp³-hybridized carbons (Fsp3) is 0.364. The van der Waals surface area contributed by atoms with E-state index in [1.54, 1.807) is 6.92 Å². The Balaban J connectivity index is 2.83. The van der Waals surface area contributed by atoms with Gasteiger partial charge < -0.3 is 4.42 Å². The summed E-state index contributed by atoms with van der Waals surface area (Å²) in [5.74, 6) is 0.656. The monoisotopic (exact) mass is 178 g/mol. The topological polar surface area (TPSA) is 30.2 Å². The highest BCUT2D eigenvalue weighted by Gasteiger charge is 1.93. The van der Waals surface area contributed by atoms with Gasteiger partial charge in [-0.2, -0.15) is 0 Å². The Morgan fingerprint density at radius 1 is 1.46 bits per heavy atom. The lowest BCUT2D eigenvalue weighted by atomic mass is 10.2. The van der Waals surface area contributed by atoms with Gasteiger partial charge in [0.25, 0.3) is 0 Å². The Bertz CT molecular complexity index is 347. The number of rotatable bonds is 3. The Morgan fingerprint density at radius 2 is 2.23 bits per heavy atom. The summed E-state index contributed by atoms with van der Waals surface area (Å²) in [6.45, 7) is 3.90. The predicted molar refractivity (Wildman–Crippen MR) is 53.7 cm³/mol. The molecule has 0 aliphatic heterocycles. The maximum atomic E-state index is 10.9. The fourth-order valence-electron chi connectivity index (χ4n) is 1.11. The van der Waals surface area contributed by atoms with Gasteiger partial charge in [0.2, 0.25) is 0 Å². The molecule has 0 saturated carbocycles. The molecule has 0 aromatic carbocycles. The molecule has 1 heterocycles. The summed E-state index contributed by atoms with van der Waals surface area (Å²) in [5, 5.41) is 0. The normalized spacial score (nSPS) is 10.9. The van der Waals surface area contributed by atoms with E-state index in [1.807, 2.05) is 12.1 Å². The first-order chi connectivity index (χ1) is 6.22. The van der Waals surface area contributed by atoms with Gasteiger partial charge in [0.05, 0.1) is 0 Å². The molecule has 0 radical (unpaired) electrons. The van der Waals surface area contributed by atoms with Gasteiger partial charge in [-0.3, -0.25) is 0 Å². The third-order valence-corrected chi connectivity index (χ3v) is 1.68. The van der Waals surface area contributed by atoms with E-state index in [0.717, 1.165) is 18.4 Å². The third-order valence-electron chi connectivity index (χ3n) is 1.68.